The van der Waals surface area contributed by atoms with Crippen LogP contribution in [-0.4, -0.2) is 70.8 Å². The number of likely N-dealkylation sites (tertiary alicyclic amines) is 1. The summed E-state index contributed by atoms with van der Waals surface area (Å²) in [6, 6.07) is 18.4. The van der Waals surface area contributed by atoms with Crippen LogP contribution in [0, 0.1) is 5.92 Å². The molecule has 0 saturated carbocycles. The Morgan fingerprint density at radius 1 is 0.907 bits per heavy atom. The largest absolute Gasteiger partial charge is 0.486 e. The van der Waals surface area contributed by atoms with Crippen molar-refractivity contribution in [2.45, 2.75) is 57.7 Å². The highest BCUT2D eigenvalue weighted by atomic mass is 16.5. The van der Waals surface area contributed by atoms with Gasteiger partial charge in [0.25, 0.3) is 5.91 Å². The lowest BCUT2D eigenvalue weighted by Gasteiger charge is -2.38. The molecular formula is C33H37N3O7. The number of fused-ring (bicyclic) bond motifs is 1. The Hall–Kier alpha value is -4.73. The van der Waals surface area contributed by atoms with Gasteiger partial charge in [-0.05, 0) is 60.2 Å². The molecule has 1 aliphatic rings. The number of Topliss-reactive ketones (excluding diaryl/α,β-unsaturated/α-hetero) is 1. The molecule has 0 aromatic heterocycles. The number of rotatable bonds is 12. The van der Waals surface area contributed by atoms with Crippen LogP contribution in [0.1, 0.15) is 49.9 Å². The van der Waals surface area contributed by atoms with Gasteiger partial charge in [0.15, 0.2) is 5.78 Å². The van der Waals surface area contributed by atoms with E-state index in [-0.39, 0.29) is 5.92 Å². The number of ether oxygens (including phenoxy) is 1. The number of aliphatic carboxylic acids is 1. The quantitative estimate of drug-likeness (QED) is 0.294. The summed E-state index contributed by atoms with van der Waals surface area (Å²) in [6.07, 6.45) is 1.06. The first kappa shape index (κ1) is 31.2. The molecule has 4 rings (SSSR count). The number of para-hydroxylation sites is 1. The smallest absolute Gasteiger partial charge is 0.305 e. The zero-order valence-electron chi connectivity index (χ0n) is 24.3. The van der Waals surface area contributed by atoms with Crippen LogP contribution in [-0.2, 0) is 19.2 Å². The monoisotopic (exact) mass is 587 g/mol. The highest BCUT2D eigenvalue weighted by Crippen LogP contribution is 2.22. The average molecular weight is 588 g/mol. The number of hydrogen-bond donors (Lipinski definition) is 3. The van der Waals surface area contributed by atoms with Crippen LogP contribution in [0.4, 0.5) is 0 Å². The molecule has 3 amide bonds. The summed E-state index contributed by atoms with van der Waals surface area (Å²) in [7, 11) is 0. The number of carbonyl (C=O) groups is 5. The molecule has 1 aliphatic heterocycles. The van der Waals surface area contributed by atoms with E-state index in [4.69, 9.17) is 4.74 Å². The fourth-order valence-electron chi connectivity index (χ4n) is 5.17. The summed E-state index contributed by atoms with van der Waals surface area (Å²) in [5.41, 5.74) is 0.415. The van der Waals surface area contributed by atoms with Crippen molar-refractivity contribution in [3.05, 3.63) is 78.4 Å². The lowest BCUT2D eigenvalue weighted by atomic mass is 9.96. The molecule has 3 N–H and O–H groups in total. The zero-order chi connectivity index (χ0) is 30.9. The summed E-state index contributed by atoms with van der Waals surface area (Å²) >= 11 is 0. The molecule has 10 heteroatoms. The molecule has 3 aromatic carbocycles. The van der Waals surface area contributed by atoms with E-state index in [1.807, 2.05) is 44.2 Å². The topological polar surface area (TPSA) is 142 Å². The first-order chi connectivity index (χ1) is 20.6. The third kappa shape index (κ3) is 8.18. The number of carbonyl (C=O) groups excluding carboxylic acids is 4. The van der Waals surface area contributed by atoms with Crippen LogP contribution in [0.2, 0.25) is 0 Å². The number of hydrogen-bond acceptors (Lipinski definition) is 6. The van der Waals surface area contributed by atoms with Gasteiger partial charge in [-0.3, -0.25) is 24.0 Å². The van der Waals surface area contributed by atoms with E-state index < -0.39 is 60.6 Å². The van der Waals surface area contributed by atoms with Crippen molar-refractivity contribution in [1.82, 2.24) is 15.5 Å². The molecule has 0 aliphatic carbocycles. The fourth-order valence-corrected chi connectivity index (χ4v) is 5.17. The Morgan fingerprint density at radius 3 is 2.30 bits per heavy atom. The summed E-state index contributed by atoms with van der Waals surface area (Å²) < 4.78 is 5.47. The number of nitrogens with zero attached hydrogens (tertiary/aromatic N) is 1. The van der Waals surface area contributed by atoms with Crippen molar-refractivity contribution < 1.29 is 33.8 Å². The minimum absolute atomic E-state index is 0.279. The second-order valence-electron chi connectivity index (χ2n) is 11.0. The predicted molar refractivity (Wildman–Crippen MR) is 161 cm³/mol. The number of nitrogens with one attached hydrogen (secondary N) is 2. The van der Waals surface area contributed by atoms with Gasteiger partial charge in [0, 0.05) is 12.1 Å². The highest BCUT2D eigenvalue weighted by Gasteiger charge is 2.38. The second kappa shape index (κ2) is 14.4. The molecule has 1 unspecified atom stereocenters. The lowest BCUT2D eigenvalue weighted by Crippen LogP contribution is -2.60. The normalized spacial score (nSPS) is 16.3. The maximum absolute atomic E-state index is 13.8. The second-order valence-corrected chi connectivity index (χ2v) is 11.0. The van der Waals surface area contributed by atoms with Gasteiger partial charge >= 0.3 is 5.97 Å². The molecule has 3 aromatic rings. The molecule has 0 spiro atoms. The van der Waals surface area contributed by atoms with Gasteiger partial charge in [-0.15, -0.1) is 0 Å². The lowest BCUT2D eigenvalue weighted by molar-refractivity contribution is -0.146. The summed E-state index contributed by atoms with van der Waals surface area (Å²) in [5, 5.41) is 16.7. The van der Waals surface area contributed by atoms with Crippen molar-refractivity contribution in [1.29, 1.82) is 0 Å². The molecular weight excluding hydrogens is 550 g/mol. The molecule has 43 heavy (non-hydrogen) atoms. The maximum atomic E-state index is 13.8. The zero-order valence-corrected chi connectivity index (χ0v) is 24.3. The standard InChI is InChI=1S/C33H37N3O7/c1-21(2)30(35-31(40)24-16-15-22-10-6-7-11-23(22)18-24)33(42)36-17-9-8-14-27(36)32(41)34-26(19-29(38)39)28(37)20-43-25-12-4-3-5-13-25/h3-7,10-13,15-16,18,21,26-27,30H,8-9,14,17,19-20H2,1-2H3,(H,34,41)(H,35,40)(H,38,39)/t26?,27-,30-/m0/s1. The molecule has 226 valence electrons. The van der Waals surface area contributed by atoms with E-state index in [0.717, 1.165) is 10.8 Å². The Balaban J connectivity index is 1.46. The van der Waals surface area contributed by atoms with E-state index in [1.165, 1.54) is 4.90 Å². The van der Waals surface area contributed by atoms with Crippen LogP contribution >= 0.6 is 0 Å². The number of ketones is 1. The van der Waals surface area contributed by atoms with Crippen LogP contribution in [0.3, 0.4) is 0 Å². The van der Waals surface area contributed by atoms with Crippen molar-refractivity contribution >= 4 is 40.2 Å². The van der Waals surface area contributed by atoms with Gasteiger partial charge < -0.3 is 25.4 Å². The predicted octanol–water partition coefficient (Wildman–Crippen LogP) is 3.58. The van der Waals surface area contributed by atoms with E-state index in [9.17, 15) is 29.1 Å². The van der Waals surface area contributed by atoms with Crippen molar-refractivity contribution in [2.24, 2.45) is 5.92 Å². The molecule has 3 atom stereocenters. The van der Waals surface area contributed by atoms with Gasteiger partial charge in [0.1, 0.15) is 30.5 Å². The third-order valence-electron chi connectivity index (χ3n) is 7.53. The van der Waals surface area contributed by atoms with Crippen molar-refractivity contribution in [3.8, 4) is 5.75 Å². The van der Waals surface area contributed by atoms with Crippen LogP contribution in [0.5, 0.6) is 5.75 Å². The van der Waals surface area contributed by atoms with Crippen LogP contribution in [0.25, 0.3) is 10.8 Å². The molecule has 0 bridgehead atoms. The summed E-state index contributed by atoms with van der Waals surface area (Å²) in [5.74, 6) is -3.12. The van der Waals surface area contributed by atoms with Gasteiger partial charge in [-0.2, -0.15) is 0 Å². The van der Waals surface area contributed by atoms with E-state index in [0.29, 0.717) is 37.1 Å². The highest BCUT2D eigenvalue weighted by molar-refractivity contribution is 6.01. The minimum Gasteiger partial charge on any atom is -0.486 e. The molecule has 10 nitrogen and oxygen atoms in total. The number of carboxylic acid groups (broad SMARTS) is 1. The fraction of sp³-hybridized carbons (Fsp3) is 0.364. The minimum atomic E-state index is -1.33. The van der Waals surface area contributed by atoms with Crippen molar-refractivity contribution in [3.63, 3.8) is 0 Å². The first-order valence-corrected chi connectivity index (χ1v) is 14.5. The van der Waals surface area contributed by atoms with Crippen LogP contribution < -0.4 is 15.4 Å². The Labute approximate surface area is 250 Å². The number of piperidine rings is 1. The average Bonchev–Trinajstić information content (AvgIpc) is 3.01. The Kier molecular flexibility index (Phi) is 10.5. The van der Waals surface area contributed by atoms with E-state index >= 15 is 0 Å². The van der Waals surface area contributed by atoms with Gasteiger partial charge in [-0.25, -0.2) is 0 Å². The number of amides is 3. The van der Waals surface area contributed by atoms with Gasteiger partial charge in [0.05, 0.1) is 6.42 Å². The van der Waals surface area contributed by atoms with Gasteiger partial charge in [0.2, 0.25) is 11.8 Å². The SMILES string of the molecule is CC(C)[C@H](NC(=O)c1ccc2ccccc2c1)C(=O)N1CCCC[C@H]1C(=O)NC(CC(=O)O)C(=O)COc1ccccc1. The number of carboxylic acids is 1. The third-order valence-corrected chi connectivity index (χ3v) is 7.53. The Bertz CT molecular complexity index is 1470. The summed E-state index contributed by atoms with van der Waals surface area (Å²) in [4.78, 5) is 66.4. The van der Waals surface area contributed by atoms with Crippen LogP contribution in [0.15, 0.2) is 72.8 Å². The molecule has 1 heterocycles. The molecule has 0 radical (unpaired) electrons. The van der Waals surface area contributed by atoms with E-state index in [1.54, 1.807) is 42.5 Å². The molecule has 1 fully saturated rings. The van der Waals surface area contributed by atoms with Gasteiger partial charge in [-0.1, -0.05) is 62.4 Å². The summed E-state index contributed by atoms with van der Waals surface area (Å²) in [6.45, 7) is 3.50. The van der Waals surface area contributed by atoms with Crippen molar-refractivity contribution in [2.75, 3.05) is 13.2 Å². The van der Waals surface area contributed by atoms with E-state index in [2.05, 4.69) is 10.6 Å². The first-order valence-electron chi connectivity index (χ1n) is 14.5. The maximum Gasteiger partial charge on any atom is 0.305 e. The number of benzene rings is 3. The Morgan fingerprint density at radius 2 is 1.60 bits per heavy atom. The molecule has 1 saturated heterocycles.